The number of carbonyl (C=O) groups is 5. The summed E-state index contributed by atoms with van der Waals surface area (Å²) in [6, 6.07) is -1.02. The van der Waals surface area contributed by atoms with Crippen molar-refractivity contribution in [2.45, 2.75) is 51.5 Å². The van der Waals surface area contributed by atoms with E-state index in [-0.39, 0.29) is 55.8 Å². The molecule has 0 fully saturated rings. The fourth-order valence-electron chi connectivity index (χ4n) is 2.86. The molecule has 0 aliphatic heterocycles. The van der Waals surface area contributed by atoms with Gasteiger partial charge in [-0.05, 0) is 25.7 Å². The van der Waals surface area contributed by atoms with Gasteiger partial charge < -0.3 is 40.0 Å². The van der Waals surface area contributed by atoms with Crippen LogP contribution in [-0.4, -0.2) is 112 Å². The third kappa shape index (κ3) is 23.0. The number of alkyl halides is 1. The summed E-state index contributed by atoms with van der Waals surface area (Å²) >= 11 is 3.04. The molecule has 13 nitrogen and oxygen atoms in total. The van der Waals surface area contributed by atoms with Gasteiger partial charge in [0.2, 0.25) is 17.7 Å². The minimum absolute atomic E-state index is 0.000797. The molecule has 0 saturated heterocycles. The first-order valence-electron chi connectivity index (χ1n) is 12.7. The highest BCUT2D eigenvalue weighted by Gasteiger charge is 2.19. The molecule has 0 aromatic heterocycles. The SMILES string of the molecule is CCC(=O)NCCOCCOCC(=O)CCCOCCOCC(=O)N[C@@H](CCCCNC(=O)CBr)C(=O)O. The van der Waals surface area contributed by atoms with Crippen molar-refractivity contribution in [3.63, 3.8) is 0 Å². The summed E-state index contributed by atoms with van der Waals surface area (Å²) in [5.41, 5.74) is 0. The average molecular weight is 613 g/mol. The van der Waals surface area contributed by atoms with Crippen LogP contribution in [0.5, 0.6) is 0 Å². The molecule has 0 aromatic carbocycles. The Morgan fingerprint density at radius 1 is 0.737 bits per heavy atom. The number of ketones is 1. The highest BCUT2D eigenvalue weighted by Crippen LogP contribution is 2.01. The van der Waals surface area contributed by atoms with Crippen LogP contribution in [0.15, 0.2) is 0 Å². The fraction of sp³-hybridized carbons (Fsp3) is 0.792. The summed E-state index contributed by atoms with van der Waals surface area (Å²) in [5.74, 6) is -1.89. The molecule has 3 amide bonds. The molecule has 0 heterocycles. The van der Waals surface area contributed by atoms with Crippen LogP contribution < -0.4 is 16.0 Å². The van der Waals surface area contributed by atoms with Gasteiger partial charge in [-0.25, -0.2) is 4.79 Å². The van der Waals surface area contributed by atoms with Gasteiger partial charge in [-0.1, -0.05) is 22.9 Å². The maximum absolute atomic E-state index is 11.9. The molecule has 0 spiro atoms. The number of hydrogen-bond acceptors (Lipinski definition) is 9. The lowest BCUT2D eigenvalue weighted by atomic mass is 10.1. The molecule has 4 N–H and O–H groups in total. The molecule has 38 heavy (non-hydrogen) atoms. The number of halogens is 1. The second-order valence-electron chi connectivity index (χ2n) is 8.11. The predicted molar refractivity (Wildman–Crippen MR) is 141 cm³/mol. The third-order valence-electron chi connectivity index (χ3n) is 4.87. The highest BCUT2D eigenvalue weighted by molar-refractivity contribution is 9.09. The van der Waals surface area contributed by atoms with Crippen LogP contribution in [0.1, 0.15) is 45.4 Å². The summed E-state index contributed by atoms with van der Waals surface area (Å²) in [6.07, 6.45) is 2.64. The van der Waals surface area contributed by atoms with Gasteiger partial charge in [-0.2, -0.15) is 0 Å². The van der Waals surface area contributed by atoms with E-state index in [1.807, 2.05) is 0 Å². The first kappa shape index (κ1) is 35.9. The number of aliphatic carboxylic acids is 1. The van der Waals surface area contributed by atoms with Gasteiger partial charge in [0.1, 0.15) is 19.3 Å². The Balaban J connectivity index is 3.63. The Morgan fingerprint density at radius 2 is 1.37 bits per heavy atom. The zero-order chi connectivity index (χ0) is 28.4. The van der Waals surface area contributed by atoms with E-state index < -0.39 is 17.9 Å². The molecule has 14 heteroatoms. The van der Waals surface area contributed by atoms with E-state index in [0.29, 0.717) is 71.6 Å². The van der Waals surface area contributed by atoms with E-state index in [1.165, 1.54) is 0 Å². The van der Waals surface area contributed by atoms with E-state index >= 15 is 0 Å². The molecule has 0 bridgehead atoms. The van der Waals surface area contributed by atoms with Crippen LogP contribution in [-0.2, 0) is 42.9 Å². The first-order valence-corrected chi connectivity index (χ1v) is 13.9. The Bertz CT molecular complexity index is 696. The van der Waals surface area contributed by atoms with Gasteiger partial charge in [0, 0.05) is 32.5 Å². The van der Waals surface area contributed by atoms with Crippen molar-refractivity contribution in [2.24, 2.45) is 0 Å². The Morgan fingerprint density at radius 3 is 2.03 bits per heavy atom. The summed E-state index contributed by atoms with van der Waals surface area (Å²) in [6.45, 7) is 4.12. The second kappa shape index (κ2) is 25.2. The molecule has 0 rings (SSSR count). The van der Waals surface area contributed by atoms with Crippen molar-refractivity contribution in [3.8, 4) is 0 Å². The number of carbonyl (C=O) groups excluding carboxylic acids is 4. The zero-order valence-electron chi connectivity index (χ0n) is 22.1. The quantitative estimate of drug-likeness (QED) is 0.0778. The summed E-state index contributed by atoms with van der Waals surface area (Å²) < 4.78 is 21.1. The molecule has 0 saturated carbocycles. The van der Waals surface area contributed by atoms with Crippen LogP contribution in [0.2, 0.25) is 0 Å². The normalized spacial score (nSPS) is 11.5. The van der Waals surface area contributed by atoms with E-state index in [0.717, 1.165) is 0 Å². The van der Waals surface area contributed by atoms with Crippen molar-refractivity contribution < 1.29 is 48.0 Å². The third-order valence-corrected chi connectivity index (χ3v) is 5.38. The Labute approximate surface area is 232 Å². The number of carboxylic acids is 1. The number of ether oxygens (including phenoxy) is 4. The summed E-state index contributed by atoms with van der Waals surface area (Å²) in [5, 5.41) is 17.2. The number of unbranched alkanes of at least 4 members (excludes halogenated alkanes) is 1. The molecular weight excluding hydrogens is 570 g/mol. The lowest BCUT2D eigenvalue weighted by Crippen LogP contribution is -2.42. The van der Waals surface area contributed by atoms with Crippen molar-refractivity contribution in [1.29, 1.82) is 0 Å². The predicted octanol–water partition coefficient (Wildman–Crippen LogP) is 0.179. The van der Waals surface area contributed by atoms with Crippen molar-refractivity contribution >= 4 is 45.4 Å². The maximum Gasteiger partial charge on any atom is 0.326 e. The number of Topliss-reactive ketones (excluding diaryl/α,β-unsaturated/α-hetero) is 1. The lowest BCUT2D eigenvalue weighted by molar-refractivity contribution is -0.142. The van der Waals surface area contributed by atoms with Crippen molar-refractivity contribution in [1.82, 2.24) is 16.0 Å². The Hall–Kier alpha value is -2.13. The number of rotatable bonds is 26. The van der Waals surface area contributed by atoms with E-state index in [2.05, 4.69) is 31.9 Å². The second-order valence-corrected chi connectivity index (χ2v) is 8.67. The largest absolute Gasteiger partial charge is 0.480 e. The highest BCUT2D eigenvalue weighted by atomic mass is 79.9. The molecular formula is C24H42BrN3O10. The number of hydrogen-bond donors (Lipinski definition) is 4. The van der Waals surface area contributed by atoms with Gasteiger partial charge in [0.05, 0.1) is 38.4 Å². The molecule has 1 atom stereocenters. The average Bonchev–Trinajstić information content (AvgIpc) is 2.90. The van der Waals surface area contributed by atoms with Gasteiger partial charge in [-0.15, -0.1) is 0 Å². The van der Waals surface area contributed by atoms with Crippen LogP contribution >= 0.6 is 15.9 Å². The zero-order valence-corrected chi connectivity index (χ0v) is 23.7. The van der Waals surface area contributed by atoms with Gasteiger partial charge in [-0.3, -0.25) is 19.2 Å². The van der Waals surface area contributed by atoms with Crippen LogP contribution in [0.4, 0.5) is 0 Å². The standard InChI is InChI=1S/C24H42BrN3O10/c1-2-21(30)27-9-11-36-13-14-37-17-19(29)6-5-10-35-12-15-38-18-23(32)28-20(24(33)34)7-3-4-8-26-22(31)16-25/h20H,2-18H2,1H3,(H,26,31)(H,27,30)(H,28,32)(H,33,34)/t20-/m0/s1. The van der Waals surface area contributed by atoms with Crippen molar-refractivity contribution in [3.05, 3.63) is 0 Å². The molecule has 0 aromatic rings. The first-order chi connectivity index (χ1) is 18.3. The van der Waals surface area contributed by atoms with Crippen molar-refractivity contribution in [2.75, 3.05) is 71.3 Å². The smallest absolute Gasteiger partial charge is 0.326 e. The fourth-order valence-corrected chi connectivity index (χ4v) is 3.06. The van der Waals surface area contributed by atoms with E-state index in [1.54, 1.807) is 6.92 Å². The monoisotopic (exact) mass is 611 g/mol. The molecule has 0 unspecified atom stereocenters. The van der Waals surface area contributed by atoms with Crippen LogP contribution in [0, 0.1) is 0 Å². The minimum atomic E-state index is -1.13. The number of amides is 3. The summed E-state index contributed by atoms with van der Waals surface area (Å²) in [7, 11) is 0. The van der Waals surface area contributed by atoms with E-state index in [9.17, 15) is 29.1 Å². The number of carboxylic acid groups (broad SMARTS) is 1. The lowest BCUT2D eigenvalue weighted by Gasteiger charge is -2.14. The van der Waals surface area contributed by atoms with Crippen LogP contribution in [0.25, 0.3) is 0 Å². The molecule has 220 valence electrons. The van der Waals surface area contributed by atoms with E-state index in [4.69, 9.17) is 18.9 Å². The van der Waals surface area contributed by atoms with Gasteiger partial charge in [0.25, 0.3) is 0 Å². The maximum atomic E-state index is 11.9. The Kier molecular flexibility index (Phi) is 23.8. The van der Waals surface area contributed by atoms with Crippen LogP contribution in [0.3, 0.4) is 0 Å². The molecule has 0 aliphatic carbocycles. The summed E-state index contributed by atoms with van der Waals surface area (Å²) in [4.78, 5) is 57.2. The molecule has 0 radical (unpaired) electrons. The number of nitrogens with one attached hydrogen (secondary N) is 3. The van der Waals surface area contributed by atoms with Gasteiger partial charge in [0.15, 0.2) is 5.78 Å². The van der Waals surface area contributed by atoms with Gasteiger partial charge >= 0.3 is 5.97 Å². The topological polar surface area (TPSA) is 179 Å². The minimum Gasteiger partial charge on any atom is -0.480 e. The molecule has 0 aliphatic rings.